The van der Waals surface area contributed by atoms with Gasteiger partial charge in [0.15, 0.2) is 0 Å². The molecule has 1 amide bonds. The zero-order valence-electron chi connectivity index (χ0n) is 15.0. The maximum absolute atomic E-state index is 13.1. The van der Waals surface area contributed by atoms with Crippen LogP contribution in [0.2, 0.25) is 5.02 Å². The molecular weight excluding hydrogens is 364 g/mol. The predicted octanol–water partition coefficient (Wildman–Crippen LogP) is 4.85. The molecule has 0 aliphatic heterocycles. The monoisotopic (exact) mass is 388 g/mol. The van der Waals surface area contributed by atoms with Gasteiger partial charge in [-0.05, 0) is 56.2 Å². The fourth-order valence-corrected chi connectivity index (χ4v) is 5.72. The predicted molar refractivity (Wildman–Crippen MR) is 107 cm³/mol. The van der Waals surface area contributed by atoms with Crippen molar-refractivity contribution in [2.75, 3.05) is 6.54 Å². The van der Waals surface area contributed by atoms with Crippen molar-refractivity contribution in [2.45, 2.75) is 63.2 Å². The van der Waals surface area contributed by atoms with E-state index < -0.39 is 5.41 Å². The van der Waals surface area contributed by atoms with Crippen molar-refractivity contribution < 1.29 is 4.79 Å². The highest BCUT2D eigenvalue weighted by Crippen LogP contribution is 2.42. The van der Waals surface area contributed by atoms with Crippen molar-refractivity contribution in [1.82, 2.24) is 10.3 Å². The Morgan fingerprint density at radius 1 is 1.19 bits per heavy atom. The second-order valence-electron chi connectivity index (χ2n) is 7.49. The third-order valence-electron chi connectivity index (χ3n) is 5.78. The van der Waals surface area contributed by atoms with E-state index in [0.717, 1.165) is 44.1 Å². The molecule has 1 fully saturated rings. The van der Waals surface area contributed by atoms with E-state index in [1.54, 1.807) is 0 Å². The van der Waals surface area contributed by atoms with Gasteiger partial charge in [-0.15, -0.1) is 11.3 Å². The average molecular weight is 389 g/mol. The first-order valence-electron chi connectivity index (χ1n) is 9.69. The highest BCUT2D eigenvalue weighted by Gasteiger charge is 2.42. The van der Waals surface area contributed by atoms with Gasteiger partial charge in [-0.25, -0.2) is 4.98 Å². The summed E-state index contributed by atoms with van der Waals surface area (Å²) in [6.45, 7) is 0.660. The molecule has 1 N–H and O–H groups in total. The van der Waals surface area contributed by atoms with Crippen molar-refractivity contribution in [3.63, 3.8) is 0 Å². The van der Waals surface area contributed by atoms with Crippen LogP contribution in [0.15, 0.2) is 24.3 Å². The zero-order chi connectivity index (χ0) is 18.0. The van der Waals surface area contributed by atoms with Crippen molar-refractivity contribution in [3.8, 4) is 0 Å². The SMILES string of the molecule is O=C(NCCc1nc2c(s1)CCCC2)C1(c2cccc(Cl)c2)CCCC1. The molecule has 1 aromatic heterocycles. The third kappa shape index (κ3) is 3.54. The molecule has 4 rings (SSSR count). The lowest BCUT2D eigenvalue weighted by Crippen LogP contribution is -2.43. The topological polar surface area (TPSA) is 42.0 Å². The van der Waals surface area contributed by atoms with Crippen LogP contribution < -0.4 is 5.32 Å². The number of fused-ring (bicyclic) bond motifs is 1. The lowest BCUT2D eigenvalue weighted by molar-refractivity contribution is -0.126. The second kappa shape index (κ2) is 7.69. The summed E-state index contributed by atoms with van der Waals surface area (Å²) in [7, 11) is 0. The number of aryl methyl sites for hydroxylation is 2. The first-order valence-corrected chi connectivity index (χ1v) is 10.9. The Balaban J connectivity index is 1.42. The van der Waals surface area contributed by atoms with Crippen LogP contribution in [0, 0.1) is 0 Å². The van der Waals surface area contributed by atoms with Crippen LogP contribution in [0.3, 0.4) is 0 Å². The van der Waals surface area contributed by atoms with Crippen LogP contribution in [0.4, 0.5) is 0 Å². The van der Waals surface area contributed by atoms with E-state index in [4.69, 9.17) is 16.6 Å². The third-order valence-corrected chi connectivity index (χ3v) is 7.24. The molecule has 0 atom stereocenters. The number of hydrogen-bond donors (Lipinski definition) is 1. The minimum Gasteiger partial charge on any atom is -0.355 e. The molecular formula is C21H25ClN2OS. The van der Waals surface area contributed by atoms with Crippen LogP contribution in [-0.2, 0) is 29.5 Å². The first-order chi connectivity index (χ1) is 12.7. The summed E-state index contributed by atoms with van der Waals surface area (Å²) >= 11 is 8.02. The molecule has 5 heteroatoms. The van der Waals surface area contributed by atoms with Gasteiger partial charge in [-0.1, -0.05) is 36.6 Å². The van der Waals surface area contributed by atoms with Gasteiger partial charge in [0.25, 0.3) is 0 Å². The number of carbonyl (C=O) groups is 1. The van der Waals surface area contributed by atoms with Gasteiger partial charge in [-0.3, -0.25) is 4.79 Å². The van der Waals surface area contributed by atoms with E-state index in [9.17, 15) is 4.79 Å². The van der Waals surface area contributed by atoms with E-state index >= 15 is 0 Å². The fourth-order valence-electron chi connectivity index (χ4n) is 4.38. The number of amides is 1. The van der Waals surface area contributed by atoms with Crippen LogP contribution in [0.1, 0.15) is 59.7 Å². The molecule has 0 spiro atoms. The number of rotatable bonds is 5. The van der Waals surface area contributed by atoms with E-state index in [0.29, 0.717) is 11.6 Å². The summed E-state index contributed by atoms with van der Waals surface area (Å²) in [6.07, 6.45) is 9.68. The first kappa shape index (κ1) is 18.0. The van der Waals surface area contributed by atoms with E-state index in [1.807, 2.05) is 35.6 Å². The Morgan fingerprint density at radius 3 is 2.77 bits per heavy atom. The van der Waals surface area contributed by atoms with Crippen LogP contribution >= 0.6 is 22.9 Å². The van der Waals surface area contributed by atoms with Crippen molar-refractivity contribution in [2.24, 2.45) is 0 Å². The van der Waals surface area contributed by atoms with E-state index in [1.165, 1.54) is 34.8 Å². The van der Waals surface area contributed by atoms with Gasteiger partial charge in [0, 0.05) is 22.9 Å². The Hall–Kier alpha value is -1.39. The molecule has 2 aliphatic carbocycles. The molecule has 1 aromatic carbocycles. The Kier molecular flexibility index (Phi) is 5.32. The normalized spacial score (nSPS) is 18.5. The highest BCUT2D eigenvalue weighted by atomic mass is 35.5. The summed E-state index contributed by atoms with van der Waals surface area (Å²) in [4.78, 5) is 19.3. The molecule has 0 radical (unpaired) electrons. The van der Waals surface area contributed by atoms with Gasteiger partial charge < -0.3 is 5.32 Å². The molecule has 1 heterocycles. The lowest BCUT2D eigenvalue weighted by Gasteiger charge is -2.28. The molecule has 138 valence electrons. The summed E-state index contributed by atoms with van der Waals surface area (Å²) in [5.74, 6) is 0.151. The maximum Gasteiger partial charge on any atom is 0.230 e. The lowest BCUT2D eigenvalue weighted by atomic mass is 9.78. The summed E-state index contributed by atoms with van der Waals surface area (Å²) in [6, 6.07) is 7.83. The zero-order valence-corrected chi connectivity index (χ0v) is 16.6. The fraction of sp³-hybridized carbons (Fsp3) is 0.524. The number of benzene rings is 1. The number of nitrogens with one attached hydrogen (secondary N) is 1. The van der Waals surface area contributed by atoms with Gasteiger partial charge in [-0.2, -0.15) is 0 Å². The highest BCUT2D eigenvalue weighted by molar-refractivity contribution is 7.11. The quantitative estimate of drug-likeness (QED) is 0.795. The minimum absolute atomic E-state index is 0.151. The molecule has 3 nitrogen and oxygen atoms in total. The molecule has 2 aromatic rings. The second-order valence-corrected chi connectivity index (χ2v) is 9.09. The number of halogens is 1. The van der Waals surface area contributed by atoms with Crippen LogP contribution in [0.25, 0.3) is 0 Å². The van der Waals surface area contributed by atoms with Crippen LogP contribution in [0.5, 0.6) is 0 Å². The number of nitrogens with zero attached hydrogens (tertiary/aromatic N) is 1. The van der Waals surface area contributed by atoms with Crippen molar-refractivity contribution >= 4 is 28.8 Å². The van der Waals surface area contributed by atoms with Gasteiger partial charge in [0.2, 0.25) is 5.91 Å². The molecule has 1 saturated carbocycles. The smallest absolute Gasteiger partial charge is 0.230 e. The average Bonchev–Trinajstić information content (AvgIpc) is 3.29. The van der Waals surface area contributed by atoms with Crippen LogP contribution in [-0.4, -0.2) is 17.4 Å². The standard InChI is InChI=1S/C21H25ClN2OS/c22-16-7-5-6-15(14-16)21(11-3-4-12-21)20(25)23-13-10-19-24-17-8-1-2-9-18(17)26-19/h5-7,14H,1-4,8-13H2,(H,23,25). The molecule has 26 heavy (non-hydrogen) atoms. The largest absolute Gasteiger partial charge is 0.355 e. The number of carbonyl (C=O) groups excluding carboxylic acids is 1. The summed E-state index contributed by atoms with van der Waals surface area (Å²) < 4.78 is 0. The minimum atomic E-state index is -0.410. The van der Waals surface area contributed by atoms with Gasteiger partial charge in [0.05, 0.1) is 16.1 Å². The molecule has 0 bridgehead atoms. The summed E-state index contributed by atoms with van der Waals surface area (Å²) in [5, 5.41) is 5.07. The van der Waals surface area contributed by atoms with Crippen molar-refractivity contribution in [1.29, 1.82) is 0 Å². The number of aromatic nitrogens is 1. The van der Waals surface area contributed by atoms with Gasteiger partial charge >= 0.3 is 0 Å². The van der Waals surface area contributed by atoms with E-state index in [2.05, 4.69) is 5.32 Å². The molecule has 0 unspecified atom stereocenters. The maximum atomic E-state index is 13.1. The Morgan fingerprint density at radius 2 is 2.00 bits per heavy atom. The molecule has 0 saturated heterocycles. The van der Waals surface area contributed by atoms with E-state index in [-0.39, 0.29) is 5.91 Å². The number of thiazole rings is 1. The van der Waals surface area contributed by atoms with Crippen molar-refractivity contribution in [3.05, 3.63) is 50.4 Å². The number of hydrogen-bond acceptors (Lipinski definition) is 3. The Bertz CT molecular complexity index is 772. The Labute approximate surface area is 164 Å². The molecule has 2 aliphatic rings. The van der Waals surface area contributed by atoms with Gasteiger partial charge in [0.1, 0.15) is 0 Å². The summed E-state index contributed by atoms with van der Waals surface area (Å²) in [5.41, 5.74) is 1.95.